The molecular weight excluding hydrogens is 428 g/mol. The van der Waals surface area contributed by atoms with Gasteiger partial charge in [0.1, 0.15) is 5.75 Å². The van der Waals surface area contributed by atoms with Crippen molar-refractivity contribution in [2.24, 2.45) is 0 Å². The van der Waals surface area contributed by atoms with Crippen molar-refractivity contribution in [3.8, 4) is 5.75 Å². The molecule has 2 heterocycles. The van der Waals surface area contributed by atoms with E-state index in [1.807, 2.05) is 50.5 Å². The quantitative estimate of drug-likeness (QED) is 0.531. The third kappa shape index (κ3) is 4.11. The Bertz CT molecular complexity index is 1210. The number of hydrogen-bond acceptors (Lipinski definition) is 5. The van der Waals surface area contributed by atoms with Crippen LogP contribution in [0.3, 0.4) is 0 Å². The van der Waals surface area contributed by atoms with Crippen LogP contribution in [0.1, 0.15) is 40.7 Å². The van der Waals surface area contributed by atoms with Crippen molar-refractivity contribution in [3.05, 3.63) is 65.4 Å². The van der Waals surface area contributed by atoms with E-state index in [1.54, 1.807) is 0 Å². The second-order valence-electron chi connectivity index (χ2n) is 9.52. The summed E-state index contributed by atoms with van der Waals surface area (Å²) in [6, 6.07) is 14.6. The fourth-order valence-electron chi connectivity index (χ4n) is 4.94. The molecule has 2 aliphatic rings. The van der Waals surface area contributed by atoms with Gasteiger partial charge in [-0.3, -0.25) is 9.78 Å². The maximum atomic E-state index is 13.5. The standard InChI is InChI=1S/C26H32N4O2Si/c1-16-6-7-18(32-25(33)23-8-12-30(23)3)15-20(16)24(31)29-26(9-10-26)21-13-17(27-2)14-22-19(21)5-4-11-28-22/h4-7,11,13-15,23,25,27H,8-10,12H2,1-3,33H3,(H,29,31)/t23-,25?/m0/s1. The van der Waals surface area contributed by atoms with E-state index in [2.05, 4.69) is 39.7 Å². The lowest BCUT2D eigenvalue weighted by molar-refractivity contribution is 0.0562. The molecule has 6 nitrogen and oxygen atoms in total. The number of rotatable bonds is 7. The Kier molecular flexibility index (Phi) is 5.62. The van der Waals surface area contributed by atoms with Crippen LogP contribution in [0, 0.1) is 6.92 Å². The highest BCUT2D eigenvalue weighted by Gasteiger charge is 2.47. The number of likely N-dealkylation sites (tertiary alicyclic amines) is 1. The van der Waals surface area contributed by atoms with Crippen LogP contribution in [-0.4, -0.2) is 58.4 Å². The number of nitrogens with zero attached hydrogens (tertiary/aromatic N) is 2. The molecular formula is C26H32N4O2Si. The van der Waals surface area contributed by atoms with Gasteiger partial charge in [-0.25, -0.2) is 0 Å². The number of amides is 1. The van der Waals surface area contributed by atoms with Gasteiger partial charge in [0.05, 0.1) is 27.0 Å². The summed E-state index contributed by atoms with van der Waals surface area (Å²) in [5.74, 6) is 0.732. The average Bonchev–Trinajstić information content (AvgIpc) is 3.58. The molecule has 5 rings (SSSR count). The molecule has 0 spiro atoms. The molecule has 0 radical (unpaired) electrons. The summed E-state index contributed by atoms with van der Waals surface area (Å²) in [4.78, 5) is 20.4. The lowest BCUT2D eigenvalue weighted by atomic mass is 9.97. The number of ether oxygens (including phenoxy) is 1. The molecule has 3 aromatic rings. The van der Waals surface area contributed by atoms with Crippen LogP contribution in [0.2, 0.25) is 0 Å². The van der Waals surface area contributed by atoms with Gasteiger partial charge in [-0.2, -0.15) is 0 Å². The van der Waals surface area contributed by atoms with Crippen LogP contribution in [-0.2, 0) is 5.54 Å². The minimum atomic E-state index is -0.358. The van der Waals surface area contributed by atoms with Crippen molar-refractivity contribution in [1.29, 1.82) is 0 Å². The summed E-state index contributed by atoms with van der Waals surface area (Å²) >= 11 is 0. The molecule has 2 aromatic carbocycles. The first-order valence-electron chi connectivity index (χ1n) is 11.8. The minimum absolute atomic E-state index is 0.0481. The fourth-order valence-corrected chi connectivity index (χ4v) is 6.05. The van der Waals surface area contributed by atoms with Crippen LogP contribution in [0.5, 0.6) is 5.75 Å². The Labute approximate surface area is 198 Å². The van der Waals surface area contributed by atoms with Gasteiger partial charge in [-0.05, 0) is 81.2 Å². The zero-order chi connectivity index (χ0) is 23.2. The molecule has 1 amide bonds. The van der Waals surface area contributed by atoms with Gasteiger partial charge >= 0.3 is 0 Å². The molecule has 1 saturated heterocycles. The molecule has 1 aliphatic carbocycles. The molecule has 0 bridgehead atoms. The van der Waals surface area contributed by atoms with Crippen LogP contribution in [0.4, 0.5) is 5.69 Å². The largest absolute Gasteiger partial charge is 0.494 e. The van der Waals surface area contributed by atoms with Crippen LogP contribution in [0.15, 0.2) is 48.7 Å². The van der Waals surface area contributed by atoms with Crippen LogP contribution in [0.25, 0.3) is 10.9 Å². The van der Waals surface area contributed by atoms with Crippen molar-refractivity contribution >= 4 is 32.7 Å². The van der Waals surface area contributed by atoms with Crippen molar-refractivity contribution < 1.29 is 9.53 Å². The average molecular weight is 461 g/mol. The molecule has 1 saturated carbocycles. The normalized spacial score (nSPS) is 20.2. The molecule has 2 atom stereocenters. The molecule has 1 aromatic heterocycles. The highest BCUT2D eigenvalue weighted by Crippen LogP contribution is 2.49. The zero-order valence-corrected chi connectivity index (χ0v) is 21.8. The summed E-state index contributed by atoms with van der Waals surface area (Å²) < 4.78 is 6.28. The minimum Gasteiger partial charge on any atom is -0.494 e. The Morgan fingerprint density at radius 3 is 2.76 bits per heavy atom. The predicted molar refractivity (Wildman–Crippen MR) is 136 cm³/mol. The van der Waals surface area contributed by atoms with E-state index in [4.69, 9.17) is 4.74 Å². The number of anilines is 1. The molecule has 2 fully saturated rings. The summed E-state index contributed by atoms with van der Waals surface area (Å²) in [7, 11) is 5.01. The highest BCUT2D eigenvalue weighted by atomic mass is 28.1. The molecule has 7 heteroatoms. The first-order valence-corrected chi connectivity index (χ1v) is 12.9. The van der Waals surface area contributed by atoms with Crippen molar-refractivity contribution in [1.82, 2.24) is 15.2 Å². The molecule has 2 N–H and O–H groups in total. The predicted octanol–water partition coefficient (Wildman–Crippen LogP) is 2.78. The topological polar surface area (TPSA) is 66.5 Å². The number of likely N-dealkylation sites (N-methyl/N-ethyl adjacent to an activating group) is 1. The van der Waals surface area contributed by atoms with Gasteiger partial charge < -0.3 is 20.3 Å². The van der Waals surface area contributed by atoms with Gasteiger partial charge in [0.15, 0.2) is 0 Å². The summed E-state index contributed by atoms with van der Waals surface area (Å²) in [5.41, 5.74) is 4.57. The number of fused-ring (bicyclic) bond motifs is 1. The molecule has 1 unspecified atom stereocenters. The number of aromatic nitrogens is 1. The highest BCUT2D eigenvalue weighted by molar-refractivity contribution is 6.11. The maximum Gasteiger partial charge on any atom is 0.252 e. The Morgan fingerprint density at radius 1 is 1.27 bits per heavy atom. The first kappa shape index (κ1) is 21.9. The number of hydrogen-bond donors (Lipinski definition) is 2. The number of carbonyl (C=O) groups is 1. The van der Waals surface area contributed by atoms with E-state index in [0.717, 1.165) is 63.1 Å². The molecule has 172 valence electrons. The number of pyridine rings is 1. The zero-order valence-electron chi connectivity index (χ0n) is 19.8. The Balaban J connectivity index is 1.40. The fraction of sp³-hybridized carbons (Fsp3) is 0.385. The van der Waals surface area contributed by atoms with E-state index in [9.17, 15) is 4.79 Å². The SMILES string of the molecule is CNc1cc(C2(NC(=O)c3cc(OC([SiH3])[C@@H]4CCN4C)ccc3C)CC2)c2cccnc2c1. The van der Waals surface area contributed by atoms with Crippen LogP contribution >= 0.6 is 0 Å². The molecule has 1 aliphatic heterocycles. The summed E-state index contributed by atoms with van der Waals surface area (Å²) in [6.07, 6.45) is 4.83. The number of benzene rings is 2. The second-order valence-corrected chi connectivity index (χ2v) is 10.7. The van der Waals surface area contributed by atoms with Gasteiger partial charge in [-0.1, -0.05) is 12.1 Å². The second kappa shape index (κ2) is 8.46. The number of aryl methyl sites for hydroxylation is 1. The smallest absolute Gasteiger partial charge is 0.252 e. The van der Waals surface area contributed by atoms with E-state index >= 15 is 0 Å². The van der Waals surface area contributed by atoms with E-state index in [-0.39, 0.29) is 17.2 Å². The van der Waals surface area contributed by atoms with Crippen molar-refractivity contribution in [3.63, 3.8) is 0 Å². The number of carbonyl (C=O) groups excluding carboxylic acids is 1. The maximum absolute atomic E-state index is 13.5. The Morgan fingerprint density at radius 2 is 2.09 bits per heavy atom. The summed E-state index contributed by atoms with van der Waals surface area (Å²) in [5, 5.41) is 7.69. The van der Waals surface area contributed by atoms with Crippen LogP contribution < -0.4 is 15.4 Å². The van der Waals surface area contributed by atoms with E-state index < -0.39 is 0 Å². The lowest BCUT2D eigenvalue weighted by Gasteiger charge is -2.41. The van der Waals surface area contributed by atoms with Gasteiger partial charge in [0.25, 0.3) is 5.91 Å². The van der Waals surface area contributed by atoms with E-state index in [1.165, 1.54) is 6.42 Å². The van der Waals surface area contributed by atoms with Crippen molar-refractivity contribution in [2.75, 3.05) is 26.0 Å². The number of nitrogens with one attached hydrogen (secondary N) is 2. The monoisotopic (exact) mass is 460 g/mol. The van der Waals surface area contributed by atoms with Gasteiger partial charge in [-0.15, -0.1) is 0 Å². The van der Waals surface area contributed by atoms with Gasteiger partial charge in [0.2, 0.25) is 0 Å². The molecule has 33 heavy (non-hydrogen) atoms. The third-order valence-electron chi connectivity index (χ3n) is 7.29. The third-order valence-corrected chi connectivity index (χ3v) is 8.29. The Hall–Kier alpha value is -2.90. The van der Waals surface area contributed by atoms with Crippen molar-refractivity contribution in [2.45, 2.75) is 43.5 Å². The van der Waals surface area contributed by atoms with E-state index in [0.29, 0.717) is 11.6 Å². The lowest BCUT2D eigenvalue weighted by Crippen LogP contribution is -2.53. The summed E-state index contributed by atoms with van der Waals surface area (Å²) in [6.45, 7) is 3.12. The first-order chi connectivity index (χ1) is 15.9. The van der Waals surface area contributed by atoms with Gasteiger partial charge in [0, 0.05) is 35.9 Å².